The van der Waals surface area contributed by atoms with Crippen LogP contribution in [-0.2, 0) is 13.3 Å². The molecule has 0 fully saturated rings. The molecule has 15 heavy (non-hydrogen) atoms. The molecule has 0 bridgehead atoms. The molecule has 0 saturated carbocycles. The normalized spacial score (nSPS) is 12.2. The van der Waals surface area contributed by atoms with Crippen LogP contribution < -0.4 is 0 Å². The number of unbranched alkanes of at least 4 members (excludes halogenated alkanes) is 5. The average molecular weight is 232 g/mol. The van der Waals surface area contributed by atoms with Crippen LogP contribution in [0.1, 0.15) is 58.8 Å². The Morgan fingerprint density at radius 3 is 2.33 bits per heavy atom. The second kappa shape index (κ2) is 10.1. The van der Waals surface area contributed by atoms with Gasteiger partial charge < -0.3 is 8.85 Å². The SMILES string of the molecule is CCCCCCCCC(C)O[Si](=O)OC. The Hall–Kier alpha value is -0.383. The highest BCUT2D eigenvalue weighted by molar-refractivity contribution is 6.26. The van der Waals surface area contributed by atoms with Gasteiger partial charge in [-0.05, 0) is 19.8 Å². The van der Waals surface area contributed by atoms with E-state index in [4.69, 9.17) is 4.43 Å². The van der Waals surface area contributed by atoms with Crippen molar-refractivity contribution in [3.63, 3.8) is 0 Å². The lowest BCUT2D eigenvalue weighted by molar-refractivity contribution is 0.134. The van der Waals surface area contributed by atoms with E-state index in [1.807, 2.05) is 6.92 Å². The molecule has 0 aromatic rings. The largest absolute Gasteiger partial charge is 0.767 e. The first-order valence-electron chi connectivity index (χ1n) is 5.95. The highest BCUT2D eigenvalue weighted by Gasteiger charge is 2.12. The van der Waals surface area contributed by atoms with Gasteiger partial charge in [0.1, 0.15) is 0 Å². The quantitative estimate of drug-likeness (QED) is 0.428. The summed E-state index contributed by atoms with van der Waals surface area (Å²) in [6.07, 6.45) is 8.71. The van der Waals surface area contributed by atoms with Crippen LogP contribution in [-0.4, -0.2) is 22.4 Å². The molecule has 3 nitrogen and oxygen atoms in total. The molecule has 1 unspecified atom stereocenters. The van der Waals surface area contributed by atoms with Gasteiger partial charge in [-0.3, -0.25) is 4.46 Å². The van der Waals surface area contributed by atoms with Gasteiger partial charge in [-0.15, -0.1) is 0 Å². The Bertz CT molecular complexity index is 162. The molecule has 0 aliphatic carbocycles. The van der Waals surface area contributed by atoms with Gasteiger partial charge in [-0.1, -0.05) is 39.0 Å². The maximum absolute atomic E-state index is 10.9. The van der Waals surface area contributed by atoms with E-state index < -0.39 is 9.17 Å². The zero-order valence-electron chi connectivity index (χ0n) is 10.3. The van der Waals surface area contributed by atoms with Crippen LogP contribution in [0.3, 0.4) is 0 Å². The van der Waals surface area contributed by atoms with Crippen LogP contribution >= 0.6 is 0 Å². The van der Waals surface area contributed by atoms with Crippen molar-refractivity contribution < 1.29 is 13.3 Å². The van der Waals surface area contributed by atoms with E-state index in [2.05, 4.69) is 11.3 Å². The molecule has 1 atom stereocenters. The molecule has 0 heterocycles. The smallest absolute Gasteiger partial charge is 0.499 e. The van der Waals surface area contributed by atoms with Crippen molar-refractivity contribution in [2.45, 2.75) is 64.9 Å². The lowest BCUT2D eigenvalue weighted by atomic mass is 10.1. The molecule has 0 N–H and O–H groups in total. The van der Waals surface area contributed by atoms with Gasteiger partial charge in [0.2, 0.25) is 0 Å². The van der Waals surface area contributed by atoms with Crippen LogP contribution in [0.5, 0.6) is 0 Å². The molecule has 0 rings (SSSR count). The van der Waals surface area contributed by atoms with Crippen molar-refractivity contribution in [3.8, 4) is 0 Å². The molecule has 4 heteroatoms. The van der Waals surface area contributed by atoms with Crippen LogP contribution in [0.2, 0.25) is 0 Å². The van der Waals surface area contributed by atoms with Crippen LogP contribution in [0.25, 0.3) is 0 Å². The van der Waals surface area contributed by atoms with E-state index >= 15 is 0 Å². The first-order chi connectivity index (χ1) is 7.20. The van der Waals surface area contributed by atoms with Gasteiger partial charge in [-0.2, -0.15) is 0 Å². The molecular formula is C11H24O3Si. The molecule has 0 saturated heterocycles. The zero-order valence-corrected chi connectivity index (χ0v) is 11.3. The van der Waals surface area contributed by atoms with Gasteiger partial charge in [0.15, 0.2) is 0 Å². The number of rotatable bonds is 10. The molecule has 0 spiro atoms. The Kier molecular flexibility index (Phi) is 9.89. The molecule has 0 aliphatic rings. The number of hydrogen-bond acceptors (Lipinski definition) is 3. The highest BCUT2D eigenvalue weighted by atomic mass is 28.3. The molecule has 0 amide bonds. The van der Waals surface area contributed by atoms with Crippen molar-refractivity contribution in [1.82, 2.24) is 0 Å². The summed E-state index contributed by atoms with van der Waals surface area (Å²) in [5.41, 5.74) is 0. The third-order valence-corrected chi connectivity index (χ3v) is 3.36. The minimum atomic E-state index is -2.23. The van der Waals surface area contributed by atoms with Gasteiger partial charge in [0, 0.05) is 0 Å². The second-order valence-corrected chi connectivity index (χ2v) is 5.08. The van der Waals surface area contributed by atoms with Crippen LogP contribution in [0.4, 0.5) is 0 Å². The lowest BCUT2D eigenvalue weighted by Crippen LogP contribution is -2.18. The third-order valence-electron chi connectivity index (χ3n) is 2.43. The molecule has 0 aliphatic heterocycles. The maximum atomic E-state index is 10.9. The molecule has 0 radical (unpaired) electrons. The minimum absolute atomic E-state index is 0.0579. The van der Waals surface area contributed by atoms with E-state index in [1.165, 1.54) is 39.2 Å². The van der Waals surface area contributed by atoms with Crippen molar-refractivity contribution in [3.05, 3.63) is 0 Å². The fraction of sp³-hybridized carbons (Fsp3) is 1.00. The first kappa shape index (κ1) is 14.6. The van der Waals surface area contributed by atoms with E-state index in [1.54, 1.807) is 0 Å². The van der Waals surface area contributed by atoms with Crippen LogP contribution in [0.15, 0.2) is 0 Å². The fourth-order valence-corrected chi connectivity index (χ4v) is 2.03. The minimum Gasteiger partial charge on any atom is -0.499 e. The zero-order chi connectivity index (χ0) is 11.5. The molecule has 0 aromatic heterocycles. The Morgan fingerprint density at radius 1 is 1.13 bits per heavy atom. The van der Waals surface area contributed by atoms with E-state index in [0.29, 0.717) is 0 Å². The monoisotopic (exact) mass is 232 g/mol. The summed E-state index contributed by atoms with van der Waals surface area (Å²) in [6, 6.07) is 0. The summed E-state index contributed by atoms with van der Waals surface area (Å²) in [5, 5.41) is 0. The maximum Gasteiger partial charge on any atom is 0.767 e. The first-order valence-corrected chi connectivity index (χ1v) is 7.17. The predicted molar refractivity (Wildman–Crippen MR) is 62.0 cm³/mol. The number of hydrogen-bond donors (Lipinski definition) is 0. The third kappa shape index (κ3) is 9.91. The van der Waals surface area contributed by atoms with E-state index in [-0.39, 0.29) is 6.10 Å². The standard InChI is InChI=1S/C11H24O3Si/c1-4-5-6-7-8-9-10-11(2)14-15(12)13-3/h11H,4-10H2,1-3H3. The Morgan fingerprint density at radius 2 is 1.73 bits per heavy atom. The Labute approximate surface area is 95.1 Å². The summed E-state index contributed by atoms with van der Waals surface area (Å²) in [6.45, 7) is 4.17. The van der Waals surface area contributed by atoms with E-state index in [0.717, 1.165) is 12.8 Å². The molecule has 0 aromatic carbocycles. The average Bonchev–Trinajstić information content (AvgIpc) is 2.23. The van der Waals surface area contributed by atoms with Crippen molar-refractivity contribution >= 4 is 9.17 Å². The summed E-state index contributed by atoms with van der Waals surface area (Å²) >= 11 is 0. The molecule has 90 valence electrons. The van der Waals surface area contributed by atoms with Gasteiger partial charge in [-0.25, -0.2) is 0 Å². The van der Waals surface area contributed by atoms with E-state index in [9.17, 15) is 4.46 Å². The van der Waals surface area contributed by atoms with Crippen molar-refractivity contribution in [2.75, 3.05) is 7.11 Å². The summed E-state index contributed by atoms with van der Waals surface area (Å²) in [7, 11) is -0.813. The van der Waals surface area contributed by atoms with Crippen molar-refractivity contribution in [1.29, 1.82) is 0 Å². The van der Waals surface area contributed by atoms with Crippen molar-refractivity contribution in [2.24, 2.45) is 0 Å². The Balaban J connectivity index is 3.23. The summed E-state index contributed by atoms with van der Waals surface area (Å²) in [5.74, 6) is 0. The topological polar surface area (TPSA) is 35.5 Å². The lowest BCUT2D eigenvalue weighted by Gasteiger charge is -2.11. The molecular weight excluding hydrogens is 208 g/mol. The fourth-order valence-electron chi connectivity index (χ4n) is 1.48. The summed E-state index contributed by atoms with van der Waals surface area (Å²) in [4.78, 5) is 0. The highest BCUT2D eigenvalue weighted by Crippen LogP contribution is 2.09. The van der Waals surface area contributed by atoms with Gasteiger partial charge in [0.05, 0.1) is 13.2 Å². The van der Waals surface area contributed by atoms with Crippen LogP contribution in [0, 0.1) is 0 Å². The van der Waals surface area contributed by atoms with Gasteiger partial charge >= 0.3 is 9.17 Å². The summed E-state index contributed by atoms with van der Waals surface area (Å²) < 4.78 is 20.7. The van der Waals surface area contributed by atoms with Gasteiger partial charge in [0.25, 0.3) is 0 Å². The predicted octanol–water partition coefficient (Wildman–Crippen LogP) is 3.20. The second-order valence-electron chi connectivity index (χ2n) is 3.94.